The van der Waals surface area contributed by atoms with Crippen molar-refractivity contribution >= 4 is 11.9 Å². The van der Waals surface area contributed by atoms with Gasteiger partial charge in [0.05, 0.1) is 6.61 Å². The maximum absolute atomic E-state index is 12.4. The molecule has 2 rings (SSSR count). The highest BCUT2D eigenvalue weighted by Crippen LogP contribution is 2.38. The van der Waals surface area contributed by atoms with E-state index in [0.717, 1.165) is 6.92 Å². The van der Waals surface area contributed by atoms with E-state index in [-0.39, 0.29) is 12.4 Å². The largest absolute Gasteiger partial charge is 0.491 e. The van der Waals surface area contributed by atoms with Crippen LogP contribution in [0.5, 0.6) is 0 Å². The Balaban J connectivity index is 2.31. The molecule has 10 heteroatoms. The molecule has 7 nitrogen and oxygen atoms in total. The Morgan fingerprint density at radius 1 is 1.29 bits per heavy atom. The topological polar surface area (TPSA) is 80.3 Å². The highest BCUT2D eigenvalue weighted by Gasteiger charge is 2.49. The summed E-state index contributed by atoms with van der Waals surface area (Å²) in [6.07, 6.45) is -7.17. The summed E-state index contributed by atoms with van der Waals surface area (Å²) in [4.78, 5) is 22.3. The van der Waals surface area contributed by atoms with Crippen molar-refractivity contribution in [1.82, 2.24) is 0 Å². The Hall–Kier alpha value is -2.07. The lowest BCUT2D eigenvalue weighted by atomic mass is 10.2. The van der Waals surface area contributed by atoms with Gasteiger partial charge in [0, 0.05) is 6.92 Å². The summed E-state index contributed by atoms with van der Waals surface area (Å²) >= 11 is 0. The molecule has 24 heavy (non-hydrogen) atoms. The van der Waals surface area contributed by atoms with Crippen LogP contribution in [-0.4, -0.2) is 42.7 Å². The first-order valence-corrected chi connectivity index (χ1v) is 6.80. The second-order valence-electron chi connectivity index (χ2n) is 5.50. The van der Waals surface area contributed by atoms with Crippen LogP contribution in [0.3, 0.4) is 0 Å². The van der Waals surface area contributed by atoms with Crippen LogP contribution in [0.1, 0.15) is 20.8 Å². The van der Waals surface area contributed by atoms with Crippen molar-refractivity contribution < 1.29 is 46.4 Å². The summed E-state index contributed by atoms with van der Waals surface area (Å²) in [7, 11) is 0. The van der Waals surface area contributed by atoms with Gasteiger partial charge in [-0.25, -0.2) is 4.79 Å². The van der Waals surface area contributed by atoms with Gasteiger partial charge in [0.15, 0.2) is 23.4 Å². The molecule has 0 bridgehead atoms. The highest BCUT2D eigenvalue weighted by molar-refractivity contribution is 5.77. The standard InChI is InChI=1S/C14H15F3O7/c1-6-9(23-12(19)14(15,16)17)11(22-7(2)18)10(21-6)8-5-20-13(3,4)24-8/h8,10H,1,5H2,2-4H3. The van der Waals surface area contributed by atoms with Gasteiger partial charge < -0.3 is 23.7 Å². The molecular formula is C14H15F3O7. The third kappa shape index (κ3) is 3.88. The Bertz CT molecular complexity index is 606. The van der Waals surface area contributed by atoms with Crippen LogP contribution in [0.15, 0.2) is 23.9 Å². The van der Waals surface area contributed by atoms with Crippen molar-refractivity contribution in [2.45, 2.75) is 44.9 Å². The van der Waals surface area contributed by atoms with Gasteiger partial charge in [-0.1, -0.05) is 6.58 Å². The predicted molar refractivity (Wildman–Crippen MR) is 69.9 cm³/mol. The van der Waals surface area contributed by atoms with Crippen LogP contribution in [0.25, 0.3) is 0 Å². The van der Waals surface area contributed by atoms with Crippen LogP contribution in [0, 0.1) is 0 Å². The third-order valence-electron chi connectivity index (χ3n) is 3.05. The molecular weight excluding hydrogens is 337 g/mol. The number of carbonyl (C=O) groups is 2. The van der Waals surface area contributed by atoms with Gasteiger partial charge in [0.2, 0.25) is 5.76 Å². The van der Waals surface area contributed by atoms with E-state index in [2.05, 4.69) is 11.3 Å². The average molecular weight is 352 g/mol. The lowest BCUT2D eigenvalue weighted by Crippen LogP contribution is -2.33. The normalized spacial score (nSPS) is 26.3. The summed E-state index contributed by atoms with van der Waals surface area (Å²) in [5.41, 5.74) is 0. The molecule has 0 aromatic carbocycles. The Kier molecular flexibility index (Phi) is 4.64. The molecule has 2 aliphatic rings. The Labute approximate surface area is 134 Å². The zero-order valence-corrected chi connectivity index (χ0v) is 13.1. The van der Waals surface area contributed by atoms with E-state index < -0.39 is 47.6 Å². The van der Waals surface area contributed by atoms with Crippen molar-refractivity contribution in [3.05, 3.63) is 23.9 Å². The molecule has 1 fully saturated rings. The molecule has 0 spiro atoms. The van der Waals surface area contributed by atoms with Crippen LogP contribution in [-0.2, 0) is 33.3 Å². The lowest BCUT2D eigenvalue weighted by Gasteiger charge is -2.21. The van der Waals surface area contributed by atoms with Crippen LogP contribution < -0.4 is 0 Å². The molecule has 0 aliphatic carbocycles. The Morgan fingerprint density at radius 2 is 1.92 bits per heavy atom. The molecule has 1 saturated heterocycles. The SMILES string of the molecule is C=C1OC(C2COC(C)(C)O2)C(OC(C)=O)=C1OC(=O)C(F)(F)F. The van der Waals surface area contributed by atoms with Crippen molar-refractivity contribution in [1.29, 1.82) is 0 Å². The molecule has 0 amide bonds. The zero-order chi connectivity index (χ0) is 18.3. The van der Waals surface area contributed by atoms with E-state index in [0.29, 0.717) is 0 Å². The molecule has 0 aromatic rings. The molecule has 0 aromatic heterocycles. The maximum atomic E-state index is 12.4. The summed E-state index contributed by atoms with van der Waals surface area (Å²) in [5.74, 6) is -5.80. The van der Waals surface area contributed by atoms with Crippen molar-refractivity contribution in [2.75, 3.05) is 6.61 Å². The number of halogens is 3. The zero-order valence-electron chi connectivity index (χ0n) is 13.1. The highest BCUT2D eigenvalue weighted by atomic mass is 19.4. The van der Waals surface area contributed by atoms with E-state index in [9.17, 15) is 22.8 Å². The van der Waals surface area contributed by atoms with Crippen molar-refractivity contribution in [3.63, 3.8) is 0 Å². The van der Waals surface area contributed by atoms with E-state index in [1.165, 1.54) is 0 Å². The summed E-state index contributed by atoms with van der Waals surface area (Å²) in [6.45, 7) is 7.67. The number of alkyl halides is 3. The fourth-order valence-electron chi connectivity index (χ4n) is 2.15. The molecule has 134 valence electrons. The average Bonchev–Trinajstić information content (AvgIpc) is 2.91. The van der Waals surface area contributed by atoms with E-state index >= 15 is 0 Å². The number of hydrogen-bond donors (Lipinski definition) is 0. The summed E-state index contributed by atoms with van der Waals surface area (Å²) in [5, 5.41) is 0. The van der Waals surface area contributed by atoms with Crippen LogP contribution in [0.4, 0.5) is 13.2 Å². The third-order valence-corrected chi connectivity index (χ3v) is 3.05. The molecule has 0 saturated carbocycles. The summed E-state index contributed by atoms with van der Waals surface area (Å²) < 4.78 is 62.5. The molecule has 0 radical (unpaired) electrons. The minimum absolute atomic E-state index is 0.0240. The fraction of sp³-hybridized carbons (Fsp3) is 0.571. The minimum Gasteiger partial charge on any atom is -0.476 e. The van der Waals surface area contributed by atoms with E-state index in [4.69, 9.17) is 18.9 Å². The first kappa shape index (κ1) is 18.3. The van der Waals surface area contributed by atoms with E-state index in [1.807, 2.05) is 0 Å². The van der Waals surface area contributed by atoms with Gasteiger partial charge in [0.25, 0.3) is 0 Å². The first-order valence-electron chi connectivity index (χ1n) is 6.80. The molecule has 0 N–H and O–H groups in total. The smallest absolute Gasteiger partial charge is 0.476 e. The predicted octanol–water partition coefficient (Wildman–Crippen LogP) is 1.93. The van der Waals surface area contributed by atoms with Crippen molar-refractivity contribution in [2.24, 2.45) is 0 Å². The van der Waals surface area contributed by atoms with Crippen LogP contribution >= 0.6 is 0 Å². The van der Waals surface area contributed by atoms with Gasteiger partial charge in [0.1, 0.15) is 6.10 Å². The molecule has 2 unspecified atom stereocenters. The van der Waals surface area contributed by atoms with Crippen molar-refractivity contribution in [3.8, 4) is 0 Å². The van der Waals surface area contributed by atoms with Gasteiger partial charge in [-0.05, 0) is 13.8 Å². The summed E-state index contributed by atoms with van der Waals surface area (Å²) in [6, 6.07) is 0. The van der Waals surface area contributed by atoms with Gasteiger partial charge >= 0.3 is 18.1 Å². The quantitative estimate of drug-likeness (QED) is 0.718. The number of carbonyl (C=O) groups excluding carboxylic acids is 2. The number of ether oxygens (including phenoxy) is 5. The number of rotatable bonds is 3. The number of esters is 2. The first-order chi connectivity index (χ1) is 10.9. The van der Waals surface area contributed by atoms with Crippen LogP contribution in [0.2, 0.25) is 0 Å². The molecule has 2 atom stereocenters. The monoisotopic (exact) mass is 352 g/mol. The maximum Gasteiger partial charge on any atom is 0.491 e. The van der Waals surface area contributed by atoms with E-state index in [1.54, 1.807) is 13.8 Å². The molecule has 2 aliphatic heterocycles. The molecule has 2 heterocycles. The Morgan fingerprint density at radius 3 is 2.38 bits per heavy atom. The number of hydrogen-bond acceptors (Lipinski definition) is 7. The van der Waals surface area contributed by atoms with Gasteiger partial charge in [-0.15, -0.1) is 0 Å². The lowest BCUT2D eigenvalue weighted by molar-refractivity contribution is -0.195. The fourth-order valence-corrected chi connectivity index (χ4v) is 2.15. The second kappa shape index (κ2) is 6.10. The minimum atomic E-state index is -5.23. The van der Waals surface area contributed by atoms with Gasteiger partial charge in [-0.3, -0.25) is 4.79 Å². The second-order valence-corrected chi connectivity index (χ2v) is 5.50. The van der Waals surface area contributed by atoms with Gasteiger partial charge in [-0.2, -0.15) is 13.2 Å².